The predicted octanol–water partition coefficient (Wildman–Crippen LogP) is 2.32. The molecule has 0 spiro atoms. The first-order valence-corrected chi connectivity index (χ1v) is 7.84. The average molecular weight is 293 g/mol. The van der Waals surface area contributed by atoms with Crippen LogP contribution in [0.4, 0.5) is 0 Å². The Hall–Kier alpha value is -1.20. The van der Waals surface area contributed by atoms with Gasteiger partial charge in [-0.3, -0.25) is 4.79 Å². The zero-order valence-electron chi connectivity index (χ0n) is 13.5. The number of ether oxygens (including phenoxy) is 1. The summed E-state index contributed by atoms with van der Waals surface area (Å²) in [6.07, 6.45) is 4.03. The molecule has 0 radical (unpaired) electrons. The SMILES string of the molecule is COC1(c2nc(CNC(C)C)cc(=O)[nH]2)CCC(C)CC1. The van der Waals surface area contributed by atoms with Crippen LogP contribution >= 0.6 is 0 Å². The molecular weight excluding hydrogens is 266 g/mol. The molecule has 5 heteroatoms. The molecule has 0 unspecified atom stereocenters. The smallest absolute Gasteiger partial charge is 0.251 e. The molecule has 1 aromatic heterocycles. The van der Waals surface area contributed by atoms with E-state index in [4.69, 9.17) is 4.74 Å². The van der Waals surface area contributed by atoms with E-state index in [2.05, 4.69) is 36.1 Å². The number of hydrogen-bond donors (Lipinski definition) is 2. The van der Waals surface area contributed by atoms with Crippen LogP contribution in [0.25, 0.3) is 0 Å². The van der Waals surface area contributed by atoms with Crippen LogP contribution in [0.2, 0.25) is 0 Å². The summed E-state index contributed by atoms with van der Waals surface area (Å²) >= 11 is 0. The molecule has 1 saturated carbocycles. The fraction of sp³-hybridized carbons (Fsp3) is 0.750. The first-order chi connectivity index (χ1) is 9.95. The van der Waals surface area contributed by atoms with Crippen molar-refractivity contribution in [2.45, 2.75) is 64.6 Å². The second-order valence-corrected chi connectivity index (χ2v) is 6.50. The fourth-order valence-corrected chi connectivity index (χ4v) is 2.89. The van der Waals surface area contributed by atoms with Gasteiger partial charge in [0.05, 0.1) is 5.69 Å². The summed E-state index contributed by atoms with van der Waals surface area (Å²) in [6.45, 7) is 7.02. The highest BCUT2D eigenvalue weighted by atomic mass is 16.5. The first-order valence-electron chi connectivity index (χ1n) is 7.84. The van der Waals surface area contributed by atoms with Crippen molar-refractivity contribution in [3.63, 3.8) is 0 Å². The highest BCUT2D eigenvalue weighted by molar-refractivity contribution is 5.10. The molecule has 0 amide bonds. The molecule has 0 aromatic carbocycles. The lowest BCUT2D eigenvalue weighted by Crippen LogP contribution is -2.37. The van der Waals surface area contributed by atoms with Crippen molar-refractivity contribution in [1.29, 1.82) is 0 Å². The Balaban J connectivity index is 2.27. The molecule has 2 rings (SSSR count). The number of rotatable bonds is 5. The molecular formula is C16H27N3O2. The summed E-state index contributed by atoms with van der Waals surface area (Å²) in [7, 11) is 1.72. The quantitative estimate of drug-likeness (QED) is 0.874. The number of hydrogen-bond acceptors (Lipinski definition) is 4. The van der Waals surface area contributed by atoms with E-state index in [1.165, 1.54) is 0 Å². The van der Waals surface area contributed by atoms with Gasteiger partial charge in [0.2, 0.25) is 0 Å². The van der Waals surface area contributed by atoms with Crippen LogP contribution in [0.3, 0.4) is 0 Å². The molecule has 2 N–H and O–H groups in total. The van der Waals surface area contributed by atoms with Crippen molar-refractivity contribution in [3.05, 3.63) is 27.9 Å². The lowest BCUT2D eigenvalue weighted by molar-refractivity contribution is -0.0600. The zero-order chi connectivity index (χ0) is 15.5. The lowest BCUT2D eigenvalue weighted by atomic mass is 9.79. The molecule has 1 aliphatic carbocycles. The molecule has 0 aliphatic heterocycles. The van der Waals surface area contributed by atoms with E-state index in [-0.39, 0.29) is 5.56 Å². The van der Waals surface area contributed by atoms with Gasteiger partial charge in [0.1, 0.15) is 11.4 Å². The highest BCUT2D eigenvalue weighted by Gasteiger charge is 2.38. The van der Waals surface area contributed by atoms with Gasteiger partial charge in [-0.05, 0) is 31.6 Å². The normalized spacial score (nSPS) is 26.2. The molecule has 0 bridgehead atoms. The third kappa shape index (κ3) is 3.92. The van der Waals surface area contributed by atoms with E-state index in [0.29, 0.717) is 24.3 Å². The Labute approximate surface area is 126 Å². The maximum absolute atomic E-state index is 11.9. The van der Waals surface area contributed by atoms with Gasteiger partial charge in [-0.15, -0.1) is 0 Å². The predicted molar refractivity (Wildman–Crippen MR) is 83.2 cm³/mol. The number of aromatic amines is 1. The van der Waals surface area contributed by atoms with Gasteiger partial charge < -0.3 is 15.0 Å². The van der Waals surface area contributed by atoms with E-state index in [9.17, 15) is 4.79 Å². The van der Waals surface area contributed by atoms with Gasteiger partial charge in [0.15, 0.2) is 0 Å². The van der Waals surface area contributed by atoms with Crippen LogP contribution in [0.15, 0.2) is 10.9 Å². The Morgan fingerprint density at radius 2 is 2.14 bits per heavy atom. The number of H-pyrrole nitrogens is 1. The number of aromatic nitrogens is 2. The largest absolute Gasteiger partial charge is 0.370 e. The Kier molecular flexibility index (Phi) is 5.17. The van der Waals surface area contributed by atoms with Crippen molar-refractivity contribution in [2.24, 2.45) is 5.92 Å². The molecule has 1 aromatic rings. The molecule has 1 fully saturated rings. The summed E-state index contributed by atoms with van der Waals surface area (Å²) in [5.74, 6) is 1.40. The monoisotopic (exact) mass is 293 g/mol. The maximum atomic E-state index is 11.9. The van der Waals surface area contributed by atoms with E-state index < -0.39 is 5.60 Å². The van der Waals surface area contributed by atoms with Crippen LogP contribution in [0.5, 0.6) is 0 Å². The maximum Gasteiger partial charge on any atom is 0.251 e. The Morgan fingerprint density at radius 1 is 1.48 bits per heavy atom. The third-order valence-electron chi connectivity index (χ3n) is 4.39. The lowest BCUT2D eigenvalue weighted by Gasteiger charge is -2.37. The summed E-state index contributed by atoms with van der Waals surface area (Å²) in [5.41, 5.74) is 0.243. The van der Waals surface area contributed by atoms with Gasteiger partial charge in [0.25, 0.3) is 5.56 Å². The summed E-state index contributed by atoms with van der Waals surface area (Å²) < 4.78 is 5.80. The van der Waals surface area contributed by atoms with E-state index in [0.717, 1.165) is 31.4 Å². The van der Waals surface area contributed by atoms with Crippen molar-refractivity contribution in [2.75, 3.05) is 7.11 Å². The van der Waals surface area contributed by atoms with Gasteiger partial charge >= 0.3 is 0 Å². The molecule has 5 nitrogen and oxygen atoms in total. The highest BCUT2D eigenvalue weighted by Crippen LogP contribution is 2.40. The van der Waals surface area contributed by atoms with E-state index in [1.807, 2.05) is 0 Å². The number of nitrogens with zero attached hydrogens (tertiary/aromatic N) is 1. The van der Waals surface area contributed by atoms with Gasteiger partial charge in [-0.2, -0.15) is 0 Å². The van der Waals surface area contributed by atoms with Crippen molar-refractivity contribution < 1.29 is 4.74 Å². The van der Waals surface area contributed by atoms with Gasteiger partial charge in [0, 0.05) is 25.8 Å². The van der Waals surface area contributed by atoms with Crippen LogP contribution in [0.1, 0.15) is 58.0 Å². The van der Waals surface area contributed by atoms with Gasteiger partial charge in [-0.25, -0.2) is 4.98 Å². The van der Waals surface area contributed by atoms with Crippen molar-refractivity contribution in [3.8, 4) is 0 Å². The molecule has 0 atom stereocenters. The van der Waals surface area contributed by atoms with Crippen LogP contribution in [-0.2, 0) is 16.9 Å². The minimum absolute atomic E-state index is 0.101. The van der Waals surface area contributed by atoms with Crippen LogP contribution in [0, 0.1) is 5.92 Å². The van der Waals surface area contributed by atoms with E-state index >= 15 is 0 Å². The third-order valence-corrected chi connectivity index (χ3v) is 4.39. The average Bonchev–Trinajstić information content (AvgIpc) is 2.46. The zero-order valence-corrected chi connectivity index (χ0v) is 13.5. The summed E-state index contributed by atoms with van der Waals surface area (Å²) in [5, 5.41) is 3.30. The first kappa shape index (κ1) is 16.2. The Bertz CT molecular complexity index is 516. The molecule has 1 heterocycles. The summed E-state index contributed by atoms with van der Waals surface area (Å²) in [4.78, 5) is 19.5. The molecule has 118 valence electrons. The fourth-order valence-electron chi connectivity index (χ4n) is 2.89. The topological polar surface area (TPSA) is 67.0 Å². The van der Waals surface area contributed by atoms with Crippen molar-refractivity contribution >= 4 is 0 Å². The number of nitrogens with one attached hydrogen (secondary N) is 2. The second kappa shape index (κ2) is 6.71. The standard InChI is InChI=1S/C16H27N3O2/c1-11(2)17-10-13-9-14(20)19-15(18-13)16(21-4)7-5-12(3)6-8-16/h9,11-12,17H,5-8,10H2,1-4H3,(H,18,19,20). The minimum Gasteiger partial charge on any atom is -0.370 e. The molecule has 21 heavy (non-hydrogen) atoms. The second-order valence-electron chi connectivity index (χ2n) is 6.50. The number of methoxy groups -OCH3 is 1. The van der Waals surface area contributed by atoms with Crippen LogP contribution < -0.4 is 10.9 Å². The van der Waals surface area contributed by atoms with Crippen molar-refractivity contribution in [1.82, 2.24) is 15.3 Å². The van der Waals surface area contributed by atoms with Gasteiger partial charge in [-0.1, -0.05) is 20.8 Å². The molecule has 1 aliphatic rings. The minimum atomic E-state index is -0.431. The molecule has 0 saturated heterocycles. The Morgan fingerprint density at radius 3 is 2.71 bits per heavy atom. The summed E-state index contributed by atoms with van der Waals surface area (Å²) in [6, 6.07) is 1.93. The van der Waals surface area contributed by atoms with Crippen LogP contribution in [-0.4, -0.2) is 23.1 Å². The van der Waals surface area contributed by atoms with E-state index in [1.54, 1.807) is 13.2 Å².